The number of aliphatic hydroxyl groups is 1. The summed E-state index contributed by atoms with van der Waals surface area (Å²) in [5, 5.41) is 15.1. The fourth-order valence-corrected chi connectivity index (χ4v) is 2.74. The highest BCUT2D eigenvalue weighted by Gasteiger charge is 2.15. The van der Waals surface area contributed by atoms with Gasteiger partial charge in [-0.25, -0.2) is 4.79 Å². The lowest BCUT2D eigenvalue weighted by molar-refractivity contribution is -0.858. The fourth-order valence-electron chi connectivity index (χ4n) is 1.84. The Kier molecular flexibility index (Phi) is 19.3. The molecule has 0 fully saturated rings. The first kappa shape index (κ1) is 29.5. The standard InChI is InChI=1S/C18H37N3O5S.ClH/c1-6-14(2)16(22)25-10-7-19-18(24)20-8-12-27-13-15(3)17(23)26-11-9-21(4)5;/h14-16,22H,6-13H2,1-5H3,(H2,19,20,24);1H. The maximum absolute atomic E-state index is 11.8. The van der Waals surface area contributed by atoms with Crippen molar-refractivity contribution in [1.29, 1.82) is 0 Å². The van der Waals surface area contributed by atoms with Crippen molar-refractivity contribution in [3.63, 3.8) is 0 Å². The number of carbonyl (C=O) groups excluding carboxylic acids is 2. The van der Waals surface area contributed by atoms with Crippen LogP contribution in [0.2, 0.25) is 0 Å². The molecule has 0 bridgehead atoms. The predicted molar refractivity (Wildman–Crippen MR) is 108 cm³/mol. The molecule has 0 aliphatic rings. The van der Waals surface area contributed by atoms with Gasteiger partial charge in [-0.05, 0) is 6.42 Å². The molecule has 0 saturated heterocycles. The van der Waals surface area contributed by atoms with Gasteiger partial charge in [0.1, 0.15) is 13.2 Å². The van der Waals surface area contributed by atoms with Crippen molar-refractivity contribution in [2.45, 2.75) is 33.5 Å². The van der Waals surface area contributed by atoms with E-state index in [9.17, 15) is 14.7 Å². The summed E-state index contributed by atoms with van der Waals surface area (Å²) < 4.78 is 10.5. The van der Waals surface area contributed by atoms with E-state index in [2.05, 4.69) is 10.6 Å². The van der Waals surface area contributed by atoms with E-state index in [4.69, 9.17) is 9.47 Å². The van der Waals surface area contributed by atoms with Crippen molar-refractivity contribution in [3.8, 4) is 0 Å². The molecule has 0 rings (SSSR count). The van der Waals surface area contributed by atoms with Crippen molar-refractivity contribution in [2.75, 3.05) is 58.4 Å². The minimum absolute atomic E-state index is 0. The van der Waals surface area contributed by atoms with Crippen molar-refractivity contribution >= 4 is 23.8 Å². The third-order valence-corrected chi connectivity index (χ3v) is 5.18. The largest absolute Gasteiger partial charge is 1.00 e. The Labute approximate surface area is 179 Å². The van der Waals surface area contributed by atoms with E-state index < -0.39 is 6.29 Å². The number of carbonyl (C=O) groups is 2. The van der Waals surface area contributed by atoms with Crippen LogP contribution >= 0.6 is 11.8 Å². The molecule has 0 aromatic rings. The van der Waals surface area contributed by atoms with Crippen LogP contribution in [-0.2, 0) is 14.3 Å². The molecule has 2 amide bonds. The van der Waals surface area contributed by atoms with Gasteiger partial charge in [0.05, 0.1) is 26.6 Å². The first-order valence-electron chi connectivity index (χ1n) is 9.62. The number of amides is 2. The van der Waals surface area contributed by atoms with Gasteiger partial charge in [-0.15, -0.1) is 0 Å². The SMILES string of the molecule is CCC(C)C(O)OCCNC(=O)NCCSCC(C)C(=O)OCC[NH+](C)C.[Cl-]. The molecular formula is C18H38ClN3O5S. The summed E-state index contributed by atoms with van der Waals surface area (Å²) in [6, 6.07) is -0.268. The van der Waals surface area contributed by atoms with Crippen LogP contribution in [0.3, 0.4) is 0 Å². The van der Waals surface area contributed by atoms with Crippen molar-refractivity contribution < 1.29 is 41.5 Å². The van der Waals surface area contributed by atoms with Crippen LogP contribution in [0.1, 0.15) is 27.2 Å². The average molecular weight is 444 g/mol. The number of nitrogens with one attached hydrogen (secondary N) is 3. The lowest BCUT2D eigenvalue weighted by Crippen LogP contribution is -3.06. The minimum Gasteiger partial charge on any atom is -1.00 e. The number of hydrogen-bond acceptors (Lipinski definition) is 6. The molecule has 4 N–H and O–H groups in total. The zero-order chi connectivity index (χ0) is 20.7. The normalized spacial score (nSPS) is 14.0. The number of likely N-dealkylation sites (N-methyl/N-ethyl adjacent to an activating group) is 1. The molecule has 0 heterocycles. The zero-order valence-electron chi connectivity index (χ0n) is 17.8. The predicted octanol–water partition coefficient (Wildman–Crippen LogP) is -3.27. The monoisotopic (exact) mass is 443 g/mol. The lowest BCUT2D eigenvalue weighted by Gasteiger charge is -2.17. The van der Waals surface area contributed by atoms with E-state index in [1.807, 2.05) is 34.9 Å². The van der Waals surface area contributed by atoms with Crippen LogP contribution in [0.25, 0.3) is 0 Å². The summed E-state index contributed by atoms with van der Waals surface area (Å²) in [5.41, 5.74) is 0. The zero-order valence-corrected chi connectivity index (χ0v) is 19.3. The van der Waals surface area contributed by atoms with Gasteiger partial charge < -0.3 is 42.5 Å². The van der Waals surface area contributed by atoms with Gasteiger partial charge in [0.15, 0.2) is 6.29 Å². The second-order valence-electron chi connectivity index (χ2n) is 6.93. The first-order valence-corrected chi connectivity index (χ1v) is 10.8. The maximum Gasteiger partial charge on any atom is 0.314 e. The van der Waals surface area contributed by atoms with Gasteiger partial charge in [0.25, 0.3) is 0 Å². The van der Waals surface area contributed by atoms with Crippen molar-refractivity contribution in [1.82, 2.24) is 10.6 Å². The molecular weight excluding hydrogens is 406 g/mol. The van der Waals surface area contributed by atoms with E-state index >= 15 is 0 Å². The Morgan fingerprint density at radius 1 is 1.14 bits per heavy atom. The molecule has 0 radical (unpaired) electrons. The fraction of sp³-hybridized carbons (Fsp3) is 0.889. The summed E-state index contributed by atoms with van der Waals surface area (Å²) in [6.07, 6.45) is 0.0363. The second-order valence-corrected chi connectivity index (χ2v) is 8.08. The lowest BCUT2D eigenvalue weighted by atomic mass is 10.1. The number of ether oxygens (including phenoxy) is 2. The molecule has 0 aliphatic heterocycles. The number of rotatable bonds is 15. The molecule has 0 spiro atoms. The number of esters is 1. The minimum atomic E-state index is -0.797. The van der Waals surface area contributed by atoms with Gasteiger partial charge in [-0.1, -0.05) is 20.8 Å². The summed E-state index contributed by atoms with van der Waals surface area (Å²) in [4.78, 5) is 24.7. The molecule has 0 aromatic heterocycles. The number of thioether (sulfide) groups is 1. The Hall–Kier alpha value is -0.740. The molecule has 0 saturated carbocycles. The van der Waals surface area contributed by atoms with Gasteiger partial charge in [0.2, 0.25) is 0 Å². The first-order chi connectivity index (χ1) is 12.8. The van der Waals surface area contributed by atoms with E-state index in [0.717, 1.165) is 18.7 Å². The van der Waals surface area contributed by atoms with E-state index in [1.54, 1.807) is 11.8 Å². The third-order valence-electron chi connectivity index (χ3n) is 3.96. The summed E-state index contributed by atoms with van der Waals surface area (Å²) in [5.74, 6) is 1.13. The Bertz CT molecular complexity index is 419. The van der Waals surface area contributed by atoms with Gasteiger partial charge in [0, 0.05) is 30.5 Å². The van der Waals surface area contributed by atoms with Crippen LogP contribution in [0.4, 0.5) is 4.79 Å². The van der Waals surface area contributed by atoms with Crippen LogP contribution in [-0.4, -0.2) is 81.8 Å². The average Bonchev–Trinajstić information content (AvgIpc) is 2.63. The number of hydrogen-bond donors (Lipinski definition) is 4. The number of urea groups is 1. The summed E-state index contributed by atoms with van der Waals surface area (Å²) in [7, 11) is 4.03. The van der Waals surface area contributed by atoms with Crippen LogP contribution < -0.4 is 27.9 Å². The second kappa shape index (κ2) is 18.3. The van der Waals surface area contributed by atoms with Crippen LogP contribution in [0.5, 0.6) is 0 Å². The van der Waals surface area contributed by atoms with E-state index in [-0.39, 0.29) is 42.9 Å². The maximum atomic E-state index is 11.8. The number of halogens is 1. The number of quaternary nitrogens is 1. The molecule has 3 unspecified atom stereocenters. The molecule has 28 heavy (non-hydrogen) atoms. The molecule has 0 aliphatic carbocycles. The van der Waals surface area contributed by atoms with Crippen LogP contribution in [0.15, 0.2) is 0 Å². The van der Waals surface area contributed by atoms with E-state index in [1.165, 1.54) is 4.90 Å². The topological polar surface area (TPSA) is 101 Å². The Morgan fingerprint density at radius 3 is 2.39 bits per heavy atom. The molecule has 8 nitrogen and oxygen atoms in total. The van der Waals surface area contributed by atoms with E-state index in [0.29, 0.717) is 25.4 Å². The molecule has 168 valence electrons. The Balaban J connectivity index is 0. The summed E-state index contributed by atoms with van der Waals surface area (Å²) >= 11 is 1.60. The highest BCUT2D eigenvalue weighted by Crippen LogP contribution is 2.09. The highest BCUT2D eigenvalue weighted by molar-refractivity contribution is 7.99. The van der Waals surface area contributed by atoms with Gasteiger partial charge in [-0.3, -0.25) is 4.79 Å². The van der Waals surface area contributed by atoms with Crippen LogP contribution in [0, 0.1) is 11.8 Å². The molecule has 0 aromatic carbocycles. The Morgan fingerprint density at radius 2 is 1.79 bits per heavy atom. The smallest absolute Gasteiger partial charge is 0.314 e. The van der Waals surface area contributed by atoms with Crippen molar-refractivity contribution in [3.05, 3.63) is 0 Å². The van der Waals surface area contributed by atoms with Crippen molar-refractivity contribution in [2.24, 2.45) is 11.8 Å². The summed E-state index contributed by atoms with van der Waals surface area (Å²) in [6.45, 7) is 8.10. The van der Waals surface area contributed by atoms with Gasteiger partial charge in [-0.2, -0.15) is 11.8 Å². The highest BCUT2D eigenvalue weighted by atomic mass is 35.5. The molecule has 10 heteroatoms. The van der Waals surface area contributed by atoms with Gasteiger partial charge >= 0.3 is 12.0 Å². The quantitative estimate of drug-likeness (QED) is 0.120. The molecule has 3 atom stereocenters. The third kappa shape index (κ3) is 16.2. The number of aliphatic hydroxyl groups excluding tert-OH is 1.